The second-order valence-electron chi connectivity index (χ2n) is 15.0. The van der Waals surface area contributed by atoms with Gasteiger partial charge in [0.1, 0.15) is 0 Å². The summed E-state index contributed by atoms with van der Waals surface area (Å²) in [5.74, 6) is 8.52. The molecule has 6 saturated carbocycles. The molecule has 6 nitrogen and oxygen atoms in total. The Labute approximate surface area is 246 Å². The molecule has 220 valence electrons. The monoisotopic (exact) mass is 554 g/mol. The van der Waals surface area contributed by atoms with Gasteiger partial charge in [-0.1, -0.05) is 32.4 Å². The number of imidazole rings is 3. The molecule has 10 rings (SSSR count). The lowest BCUT2D eigenvalue weighted by atomic mass is 9.45. The van der Waals surface area contributed by atoms with Crippen molar-refractivity contribution in [2.24, 2.45) is 58.7 Å². The molecule has 6 bridgehead atoms. The molecule has 9 unspecified atom stereocenters. The van der Waals surface area contributed by atoms with Gasteiger partial charge < -0.3 is 13.7 Å². The number of allylic oxidation sites excluding steroid dienone is 2. The molecule has 0 N–H and O–H groups in total. The first-order chi connectivity index (χ1) is 20.0. The Kier molecular flexibility index (Phi) is 7.68. The first kappa shape index (κ1) is 27.2. The van der Waals surface area contributed by atoms with Crippen molar-refractivity contribution in [1.29, 1.82) is 0 Å². The summed E-state index contributed by atoms with van der Waals surface area (Å²) < 4.78 is 6.70. The van der Waals surface area contributed by atoms with Crippen molar-refractivity contribution in [3.8, 4) is 0 Å². The van der Waals surface area contributed by atoms with Crippen molar-refractivity contribution < 1.29 is 0 Å². The fourth-order valence-electron chi connectivity index (χ4n) is 9.88. The van der Waals surface area contributed by atoms with Crippen molar-refractivity contribution in [2.75, 3.05) is 0 Å². The molecule has 0 radical (unpaired) electrons. The number of fused-ring (bicyclic) bond motifs is 6. The summed E-state index contributed by atoms with van der Waals surface area (Å²) in [6.45, 7) is 8.48. The van der Waals surface area contributed by atoms with Gasteiger partial charge in [-0.3, -0.25) is 0 Å². The molecule has 9 atom stereocenters. The van der Waals surface area contributed by atoms with Gasteiger partial charge in [-0.15, -0.1) is 0 Å². The van der Waals surface area contributed by atoms with Crippen LogP contribution in [0.4, 0.5) is 0 Å². The third-order valence-corrected chi connectivity index (χ3v) is 12.3. The van der Waals surface area contributed by atoms with Gasteiger partial charge in [-0.25, -0.2) is 15.0 Å². The van der Waals surface area contributed by atoms with E-state index < -0.39 is 0 Å². The summed E-state index contributed by atoms with van der Waals surface area (Å²) in [4.78, 5) is 12.3. The Bertz CT molecular complexity index is 1240. The minimum Gasteiger partial charge on any atom is -0.337 e. The number of rotatable bonds is 6. The van der Waals surface area contributed by atoms with Gasteiger partial charge in [0.25, 0.3) is 0 Å². The number of aromatic nitrogens is 6. The number of nitrogens with zero attached hydrogens (tertiary/aromatic N) is 6. The summed E-state index contributed by atoms with van der Waals surface area (Å²) in [6.07, 6.45) is 35.7. The Balaban J connectivity index is 0.000000101. The van der Waals surface area contributed by atoms with Crippen molar-refractivity contribution in [3.63, 3.8) is 0 Å². The summed E-state index contributed by atoms with van der Waals surface area (Å²) in [5.41, 5.74) is 0.615. The highest BCUT2D eigenvalue weighted by Crippen LogP contribution is 2.61. The molecule has 3 heterocycles. The zero-order valence-electron chi connectivity index (χ0n) is 25.2. The minimum absolute atomic E-state index is 0.615. The van der Waals surface area contributed by atoms with Gasteiger partial charge in [0.15, 0.2) is 0 Å². The molecule has 0 aliphatic heterocycles. The van der Waals surface area contributed by atoms with Gasteiger partial charge in [-0.05, 0) is 110 Å². The van der Waals surface area contributed by atoms with Crippen LogP contribution in [0.2, 0.25) is 0 Å². The molecule has 7 aliphatic carbocycles. The topological polar surface area (TPSA) is 53.5 Å². The molecule has 0 amide bonds. The maximum absolute atomic E-state index is 4.12. The van der Waals surface area contributed by atoms with Crippen LogP contribution in [0.25, 0.3) is 0 Å². The summed E-state index contributed by atoms with van der Waals surface area (Å²) in [5, 5.41) is 0. The van der Waals surface area contributed by atoms with E-state index in [9.17, 15) is 0 Å². The lowest BCUT2D eigenvalue weighted by Crippen LogP contribution is -2.53. The van der Waals surface area contributed by atoms with Crippen LogP contribution in [-0.4, -0.2) is 28.7 Å². The van der Waals surface area contributed by atoms with Crippen LogP contribution < -0.4 is 0 Å². The van der Waals surface area contributed by atoms with Crippen LogP contribution in [0.5, 0.6) is 0 Å². The minimum atomic E-state index is 0.615. The molecule has 3 aromatic rings. The molecule has 7 aliphatic rings. The Morgan fingerprint density at radius 1 is 0.634 bits per heavy atom. The molecule has 6 heteroatoms. The van der Waals surface area contributed by atoms with Crippen molar-refractivity contribution in [3.05, 3.63) is 68.3 Å². The van der Waals surface area contributed by atoms with Crippen LogP contribution in [0, 0.1) is 58.7 Å². The highest BCUT2D eigenvalue weighted by molar-refractivity contribution is 5.10. The van der Waals surface area contributed by atoms with Crippen molar-refractivity contribution in [1.82, 2.24) is 28.7 Å². The van der Waals surface area contributed by atoms with Crippen LogP contribution in [0.3, 0.4) is 0 Å². The normalized spacial score (nSPS) is 36.8. The first-order valence-corrected chi connectivity index (χ1v) is 16.6. The van der Waals surface area contributed by atoms with E-state index in [1.807, 2.05) is 37.6 Å². The smallest absolute Gasteiger partial charge is 0.0946 e. The summed E-state index contributed by atoms with van der Waals surface area (Å²) in [7, 11) is 0. The van der Waals surface area contributed by atoms with E-state index >= 15 is 0 Å². The number of hydrogen-bond donors (Lipinski definition) is 0. The van der Waals surface area contributed by atoms with Gasteiger partial charge >= 0.3 is 0 Å². The van der Waals surface area contributed by atoms with Gasteiger partial charge in [0.2, 0.25) is 0 Å². The predicted molar refractivity (Wildman–Crippen MR) is 163 cm³/mol. The summed E-state index contributed by atoms with van der Waals surface area (Å²) >= 11 is 0. The van der Waals surface area contributed by atoms with E-state index in [4.69, 9.17) is 0 Å². The van der Waals surface area contributed by atoms with E-state index in [1.54, 1.807) is 0 Å². The second kappa shape index (κ2) is 11.6. The zero-order chi connectivity index (χ0) is 27.8. The molecule has 0 saturated heterocycles. The Hall–Kier alpha value is -2.63. The van der Waals surface area contributed by atoms with Crippen LogP contribution in [-0.2, 0) is 19.6 Å². The fraction of sp³-hybridized carbons (Fsp3) is 0.686. The van der Waals surface area contributed by atoms with E-state index in [2.05, 4.69) is 73.2 Å². The average Bonchev–Trinajstić information content (AvgIpc) is 3.83. The molecule has 41 heavy (non-hydrogen) atoms. The van der Waals surface area contributed by atoms with Gasteiger partial charge in [-0.2, -0.15) is 0 Å². The third kappa shape index (κ3) is 5.85. The highest BCUT2D eigenvalue weighted by atomic mass is 15.0. The molecular weight excluding hydrogens is 504 g/mol. The maximum atomic E-state index is 4.12. The van der Waals surface area contributed by atoms with E-state index in [0.29, 0.717) is 5.41 Å². The SMILES string of the molecule is C1=CC2CC1CC2Cn1ccnc1.CC1(C)C2CCC(Cn3ccnc3)C1C2.c1cn(CC2CC3CCC2C3)cn1. The standard InChI is InChI=1S/C13H20N2.C11H16N2.C11H14N2/c1-13(2)11-4-3-10(12(13)7-11)8-15-6-5-14-9-15;2*1-2-10-5-9(1)6-11(10)7-13-4-3-12-8-13/h5-6,9-12H,3-4,7-8H2,1-2H3;3-4,8-11H,1-2,5-7H2;1-4,8-11H,5-7H2. The first-order valence-electron chi connectivity index (χ1n) is 16.6. The van der Waals surface area contributed by atoms with Crippen LogP contribution in [0.15, 0.2) is 68.3 Å². The van der Waals surface area contributed by atoms with Gasteiger partial charge in [0.05, 0.1) is 19.0 Å². The molecule has 6 fully saturated rings. The van der Waals surface area contributed by atoms with E-state index in [0.717, 1.165) is 59.8 Å². The molecule has 0 aromatic carbocycles. The highest BCUT2D eigenvalue weighted by Gasteiger charge is 2.54. The van der Waals surface area contributed by atoms with Crippen LogP contribution in [0.1, 0.15) is 71.6 Å². The van der Waals surface area contributed by atoms with E-state index in [1.165, 1.54) is 70.9 Å². The Morgan fingerprint density at radius 3 is 1.76 bits per heavy atom. The maximum Gasteiger partial charge on any atom is 0.0946 e. The molecule has 3 aromatic heterocycles. The number of hydrogen-bond acceptors (Lipinski definition) is 3. The third-order valence-electron chi connectivity index (χ3n) is 12.3. The van der Waals surface area contributed by atoms with Gasteiger partial charge in [0, 0.05) is 56.8 Å². The van der Waals surface area contributed by atoms with E-state index in [-0.39, 0.29) is 0 Å². The van der Waals surface area contributed by atoms with Crippen molar-refractivity contribution >= 4 is 0 Å². The second-order valence-corrected chi connectivity index (χ2v) is 15.0. The molecular formula is C35H50N6. The quantitative estimate of drug-likeness (QED) is 0.299. The molecule has 0 spiro atoms. The average molecular weight is 555 g/mol. The lowest BCUT2D eigenvalue weighted by Gasteiger charge is -2.60. The Morgan fingerprint density at radius 2 is 1.29 bits per heavy atom. The largest absolute Gasteiger partial charge is 0.337 e. The predicted octanol–water partition coefficient (Wildman–Crippen LogP) is 7.37. The van der Waals surface area contributed by atoms with Crippen LogP contribution >= 0.6 is 0 Å². The summed E-state index contributed by atoms with van der Waals surface area (Å²) in [6, 6.07) is 0. The fourth-order valence-corrected chi connectivity index (χ4v) is 9.88. The van der Waals surface area contributed by atoms with Crippen molar-refractivity contribution in [2.45, 2.75) is 91.3 Å². The zero-order valence-corrected chi connectivity index (χ0v) is 25.2. The lowest BCUT2D eigenvalue weighted by molar-refractivity contribution is -0.108.